The summed E-state index contributed by atoms with van der Waals surface area (Å²) in [6.45, 7) is 5.44. The summed E-state index contributed by atoms with van der Waals surface area (Å²) in [4.78, 5) is 29.2. The molecular formula is C23H33N5O4. The quantitative estimate of drug-likeness (QED) is 0.753. The molecule has 1 aromatic heterocycles. The van der Waals surface area contributed by atoms with E-state index in [0.29, 0.717) is 44.6 Å². The lowest BCUT2D eigenvalue weighted by Gasteiger charge is -2.35. The average molecular weight is 444 g/mol. The number of ether oxygens (including phenoxy) is 1. The van der Waals surface area contributed by atoms with E-state index in [9.17, 15) is 14.7 Å². The number of nitrogens with zero attached hydrogens (tertiary/aromatic N) is 5. The third-order valence-electron chi connectivity index (χ3n) is 5.96. The zero-order chi connectivity index (χ0) is 23.1. The monoisotopic (exact) mass is 443 g/mol. The van der Waals surface area contributed by atoms with Crippen LogP contribution >= 0.6 is 0 Å². The Bertz CT molecular complexity index is 888. The number of carbonyl (C=O) groups is 2. The van der Waals surface area contributed by atoms with Crippen molar-refractivity contribution >= 4 is 11.8 Å². The second-order valence-electron chi connectivity index (χ2n) is 8.51. The van der Waals surface area contributed by atoms with Crippen molar-refractivity contribution in [2.24, 2.45) is 5.92 Å². The minimum atomic E-state index is -0.323. The van der Waals surface area contributed by atoms with Gasteiger partial charge in [-0.1, -0.05) is 30.3 Å². The SMILES string of the molecule is C[C@@H]1CN([C@H](C)CO)C(=O)CCCn2nncc2CO[C@@H]1CN(C)C(=O)c1ccccc1. The highest BCUT2D eigenvalue weighted by atomic mass is 16.5. The van der Waals surface area contributed by atoms with Gasteiger partial charge in [0.2, 0.25) is 5.91 Å². The van der Waals surface area contributed by atoms with Crippen LogP contribution in [0.1, 0.15) is 42.7 Å². The van der Waals surface area contributed by atoms with Crippen LogP contribution in [0.4, 0.5) is 0 Å². The average Bonchev–Trinajstić information content (AvgIpc) is 3.25. The predicted octanol–water partition coefficient (Wildman–Crippen LogP) is 1.57. The molecule has 0 fully saturated rings. The predicted molar refractivity (Wildman–Crippen MR) is 119 cm³/mol. The van der Waals surface area contributed by atoms with E-state index in [4.69, 9.17) is 4.74 Å². The number of benzene rings is 1. The number of aromatic nitrogens is 3. The number of hydrogen-bond donors (Lipinski definition) is 1. The van der Waals surface area contributed by atoms with Crippen LogP contribution in [0.5, 0.6) is 0 Å². The van der Waals surface area contributed by atoms with E-state index in [2.05, 4.69) is 10.3 Å². The Labute approximate surface area is 189 Å². The summed E-state index contributed by atoms with van der Waals surface area (Å²) in [5.41, 5.74) is 1.46. The Balaban J connectivity index is 1.81. The summed E-state index contributed by atoms with van der Waals surface area (Å²) in [6.07, 6.45) is 2.36. The molecule has 0 unspecified atom stereocenters. The van der Waals surface area contributed by atoms with E-state index in [1.807, 2.05) is 32.0 Å². The van der Waals surface area contributed by atoms with Gasteiger partial charge in [-0.3, -0.25) is 9.59 Å². The van der Waals surface area contributed by atoms with Crippen molar-refractivity contribution in [1.29, 1.82) is 0 Å². The zero-order valence-electron chi connectivity index (χ0n) is 19.1. The molecule has 9 heteroatoms. The first-order valence-electron chi connectivity index (χ1n) is 11.1. The molecule has 0 saturated carbocycles. The summed E-state index contributed by atoms with van der Waals surface area (Å²) in [5, 5.41) is 17.8. The van der Waals surface area contributed by atoms with Gasteiger partial charge in [0, 0.05) is 44.6 Å². The molecule has 0 bridgehead atoms. The van der Waals surface area contributed by atoms with Crippen LogP contribution in [0.2, 0.25) is 0 Å². The Morgan fingerprint density at radius 3 is 2.81 bits per heavy atom. The normalized spacial score (nSPS) is 21.2. The summed E-state index contributed by atoms with van der Waals surface area (Å²) >= 11 is 0. The molecule has 3 atom stereocenters. The Hall–Kier alpha value is -2.78. The molecule has 174 valence electrons. The molecule has 32 heavy (non-hydrogen) atoms. The first-order chi connectivity index (χ1) is 15.4. The van der Waals surface area contributed by atoms with Crippen LogP contribution < -0.4 is 0 Å². The van der Waals surface area contributed by atoms with Crippen LogP contribution in [-0.4, -0.2) is 80.6 Å². The Kier molecular flexibility index (Phi) is 8.35. The fourth-order valence-electron chi connectivity index (χ4n) is 3.90. The second-order valence-corrected chi connectivity index (χ2v) is 8.51. The summed E-state index contributed by atoms with van der Waals surface area (Å²) in [7, 11) is 1.76. The number of aryl methyl sites for hydroxylation is 1. The van der Waals surface area contributed by atoms with Gasteiger partial charge >= 0.3 is 0 Å². The topological polar surface area (TPSA) is 101 Å². The van der Waals surface area contributed by atoms with Gasteiger partial charge in [0.05, 0.1) is 37.3 Å². The van der Waals surface area contributed by atoms with Gasteiger partial charge in [0.15, 0.2) is 0 Å². The highest BCUT2D eigenvalue weighted by Gasteiger charge is 2.29. The number of fused-ring (bicyclic) bond motifs is 1. The minimum absolute atomic E-state index is 0.00638. The van der Waals surface area contributed by atoms with Crippen molar-refractivity contribution in [3.63, 3.8) is 0 Å². The number of likely N-dealkylation sites (N-methyl/N-ethyl adjacent to an activating group) is 1. The van der Waals surface area contributed by atoms with Crippen molar-refractivity contribution in [3.05, 3.63) is 47.8 Å². The lowest BCUT2D eigenvalue weighted by atomic mass is 10.0. The lowest BCUT2D eigenvalue weighted by molar-refractivity contribution is -0.136. The summed E-state index contributed by atoms with van der Waals surface area (Å²) in [5.74, 6) is -0.160. The highest BCUT2D eigenvalue weighted by molar-refractivity contribution is 5.94. The number of amides is 2. The molecule has 2 heterocycles. The van der Waals surface area contributed by atoms with E-state index in [1.54, 1.807) is 39.9 Å². The van der Waals surface area contributed by atoms with Gasteiger partial charge in [0.1, 0.15) is 0 Å². The molecule has 2 amide bonds. The van der Waals surface area contributed by atoms with Crippen molar-refractivity contribution in [2.45, 2.75) is 52.0 Å². The van der Waals surface area contributed by atoms with E-state index >= 15 is 0 Å². The summed E-state index contributed by atoms with van der Waals surface area (Å²) < 4.78 is 8.03. The standard InChI is InChI=1S/C23H33N5O4/c1-17-13-27(18(2)15-29)22(30)10-7-11-28-20(12-24-25-28)16-32-21(17)14-26(3)23(31)19-8-5-4-6-9-19/h4-6,8-9,12,17-18,21,29H,7,10-11,13-16H2,1-3H3/t17-,18-,21-/m1/s1. The lowest BCUT2D eigenvalue weighted by Crippen LogP contribution is -2.47. The van der Waals surface area contributed by atoms with Crippen LogP contribution in [0.25, 0.3) is 0 Å². The van der Waals surface area contributed by atoms with Gasteiger partial charge in [-0.05, 0) is 25.5 Å². The molecular weight excluding hydrogens is 410 g/mol. The smallest absolute Gasteiger partial charge is 0.253 e. The van der Waals surface area contributed by atoms with Crippen LogP contribution in [0.15, 0.2) is 36.5 Å². The van der Waals surface area contributed by atoms with E-state index in [0.717, 1.165) is 5.69 Å². The molecule has 1 N–H and O–H groups in total. The third-order valence-corrected chi connectivity index (χ3v) is 5.96. The first kappa shape index (κ1) is 23.9. The van der Waals surface area contributed by atoms with Crippen molar-refractivity contribution in [2.75, 3.05) is 26.7 Å². The molecule has 9 nitrogen and oxygen atoms in total. The number of carbonyl (C=O) groups excluding carboxylic acids is 2. The maximum Gasteiger partial charge on any atom is 0.253 e. The van der Waals surface area contributed by atoms with Gasteiger partial charge in [-0.15, -0.1) is 5.10 Å². The van der Waals surface area contributed by atoms with Gasteiger partial charge < -0.3 is 19.6 Å². The third kappa shape index (κ3) is 5.92. The molecule has 2 aromatic rings. The van der Waals surface area contributed by atoms with Gasteiger partial charge in [-0.25, -0.2) is 4.68 Å². The number of aliphatic hydroxyl groups excluding tert-OH is 1. The fraction of sp³-hybridized carbons (Fsp3) is 0.565. The van der Waals surface area contributed by atoms with E-state index in [-0.39, 0.29) is 36.5 Å². The molecule has 0 spiro atoms. The van der Waals surface area contributed by atoms with E-state index in [1.165, 1.54) is 0 Å². The fourth-order valence-corrected chi connectivity index (χ4v) is 3.90. The van der Waals surface area contributed by atoms with Crippen LogP contribution in [0, 0.1) is 5.92 Å². The number of aliphatic hydroxyl groups is 1. The Morgan fingerprint density at radius 2 is 2.09 bits per heavy atom. The second kappa shape index (κ2) is 11.2. The molecule has 1 aliphatic rings. The maximum atomic E-state index is 12.9. The number of hydrogen-bond acceptors (Lipinski definition) is 6. The first-order valence-corrected chi connectivity index (χ1v) is 11.1. The van der Waals surface area contributed by atoms with Crippen molar-refractivity contribution in [3.8, 4) is 0 Å². The molecule has 0 radical (unpaired) electrons. The Morgan fingerprint density at radius 1 is 1.34 bits per heavy atom. The highest BCUT2D eigenvalue weighted by Crippen LogP contribution is 2.19. The van der Waals surface area contributed by atoms with Gasteiger partial charge in [-0.2, -0.15) is 0 Å². The van der Waals surface area contributed by atoms with Gasteiger partial charge in [0.25, 0.3) is 5.91 Å². The molecule has 1 aromatic carbocycles. The number of rotatable bonds is 5. The van der Waals surface area contributed by atoms with Crippen LogP contribution in [-0.2, 0) is 22.7 Å². The molecule has 1 aliphatic heterocycles. The van der Waals surface area contributed by atoms with E-state index < -0.39 is 0 Å². The van der Waals surface area contributed by atoms with Crippen molar-refractivity contribution in [1.82, 2.24) is 24.8 Å². The minimum Gasteiger partial charge on any atom is -0.394 e. The molecule has 0 aliphatic carbocycles. The van der Waals surface area contributed by atoms with Crippen LogP contribution in [0.3, 0.4) is 0 Å². The molecule has 3 rings (SSSR count). The largest absolute Gasteiger partial charge is 0.394 e. The maximum absolute atomic E-state index is 12.9. The summed E-state index contributed by atoms with van der Waals surface area (Å²) in [6, 6.07) is 8.84. The zero-order valence-corrected chi connectivity index (χ0v) is 19.1. The van der Waals surface area contributed by atoms with Crippen molar-refractivity contribution < 1.29 is 19.4 Å². The molecule has 0 saturated heterocycles.